The number of esters is 1. The summed E-state index contributed by atoms with van der Waals surface area (Å²) in [5, 5.41) is 5.06. The normalized spacial score (nSPS) is 16.0. The Bertz CT molecular complexity index is 990. The Hall–Kier alpha value is -2.24. The molecule has 11 heteroatoms. The number of thiazole rings is 1. The van der Waals surface area contributed by atoms with Crippen LogP contribution in [0.5, 0.6) is 0 Å². The molecule has 29 heavy (non-hydrogen) atoms. The lowest BCUT2D eigenvalue weighted by molar-refractivity contribution is -0.120. The van der Waals surface area contributed by atoms with Gasteiger partial charge in [-0.15, -0.1) is 11.3 Å². The lowest BCUT2D eigenvalue weighted by atomic mass is 9.97. The molecule has 2 aromatic heterocycles. The van der Waals surface area contributed by atoms with E-state index in [9.17, 15) is 18.0 Å². The van der Waals surface area contributed by atoms with Crippen molar-refractivity contribution in [3.63, 3.8) is 0 Å². The Morgan fingerprint density at radius 1 is 1.31 bits per heavy atom. The molecule has 9 nitrogen and oxygen atoms in total. The highest BCUT2D eigenvalue weighted by molar-refractivity contribution is 7.89. The van der Waals surface area contributed by atoms with Crippen LogP contribution >= 0.6 is 11.3 Å². The van der Waals surface area contributed by atoms with Crippen molar-refractivity contribution in [2.24, 2.45) is 5.92 Å². The van der Waals surface area contributed by atoms with Crippen molar-refractivity contribution < 1.29 is 22.7 Å². The SMILES string of the molecule is CCOC(=O)c1c(C)[nH]c(C)c1S(=O)(=O)N1CCC(C(=O)Nc2nccs2)CC1. The van der Waals surface area contributed by atoms with Gasteiger partial charge in [-0.2, -0.15) is 4.31 Å². The molecule has 3 heterocycles. The molecule has 0 spiro atoms. The molecule has 0 radical (unpaired) electrons. The van der Waals surface area contributed by atoms with Crippen LogP contribution in [0.2, 0.25) is 0 Å². The van der Waals surface area contributed by atoms with Gasteiger partial charge in [0.15, 0.2) is 5.13 Å². The molecule has 1 aliphatic rings. The van der Waals surface area contributed by atoms with E-state index < -0.39 is 16.0 Å². The Morgan fingerprint density at radius 2 is 2.00 bits per heavy atom. The third-order valence-corrected chi connectivity index (χ3v) is 7.64. The smallest absolute Gasteiger partial charge is 0.341 e. The number of rotatable bonds is 6. The third kappa shape index (κ3) is 4.36. The minimum absolute atomic E-state index is 0.0425. The Labute approximate surface area is 173 Å². The second-order valence-electron chi connectivity index (χ2n) is 6.80. The second-order valence-corrected chi connectivity index (χ2v) is 9.57. The lowest BCUT2D eigenvalue weighted by Gasteiger charge is -2.30. The van der Waals surface area contributed by atoms with Crippen molar-refractivity contribution in [3.05, 3.63) is 28.5 Å². The molecule has 1 amide bonds. The fourth-order valence-electron chi connectivity index (χ4n) is 3.51. The lowest BCUT2D eigenvalue weighted by Crippen LogP contribution is -2.41. The van der Waals surface area contributed by atoms with Gasteiger partial charge >= 0.3 is 5.97 Å². The summed E-state index contributed by atoms with van der Waals surface area (Å²) in [6.45, 7) is 5.49. The molecular weight excluding hydrogens is 416 g/mol. The van der Waals surface area contributed by atoms with E-state index in [1.54, 1.807) is 32.3 Å². The number of hydrogen-bond donors (Lipinski definition) is 2. The van der Waals surface area contributed by atoms with Crippen LogP contribution in [0.25, 0.3) is 0 Å². The molecular formula is C18H24N4O5S2. The van der Waals surface area contributed by atoms with Gasteiger partial charge in [-0.05, 0) is 33.6 Å². The maximum absolute atomic E-state index is 13.3. The predicted octanol–water partition coefficient (Wildman–Crippen LogP) is 2.30. The van der Waals surface area contributed by atoms with E-state index in [1.165, 1.54) is 15.6 Å². The summed E-state index contributed by atoms with van der Waals surface area (Å²) in [7, 11) is -3.91. The molecule has 0 aromatic carbocycles. The maximum atomic E-state index is 13.3. The summed E-state index contributed by atoms with van der Waals surface area (Å²) in [5.74, 6) is -1.10. The average Bonchev–Trinajstić information content (AvgIpc) is 3.29. The summed E-state index contributed by atoms with van der Waals surface area (Å²) >= 11 is 1.33. The number of H-pyrrole nitrogens is 1. The number of anilines is 1. The summed E-state index contributed by atoms with van der Waals surface area (Å²) < 4.78 is 32.9. The van der Waals surface area contributed by atoms with E-state index in [0.29, 0.717) is 29.4 Å². The number of aryl methyl sites for hydroxylation is 2. The van der Waals surface area contributed by atoms with Gasteiger partial charge < -0.3 is 15.0 Å². The molecule has 2 aromatic rings. The minimum atomic E-state index is -3.91. The summed E-state index contributed by atoms with van der Waals surface area (Å²) in [4.78, 5) is 31.6. The van der Waals surface area contributed by atoms with Crippen LogP contribution in [0.4, 0.5) is 5.13 Å². The standard InChI is InChI=1S/C18H24N4O5S2/c1-4-27-17(24)14-11(2)20-12(3)15(14)29(25,26)22-8-5-13(6-9-22)16(23)21-18-19-7-10-28-18/h7,10,13,20H,4-6,8-9H2,1-3H3,(H,19,21,23). The zero-order valence-electron chi connectivity index (χ0n) is 16.5. The summed E-state index contributed by atoms with van der Waals surface area (Å²) in [5.41, 5.74) is 0.902. The van der Waals surface area contributed by atoms with E-state index in [1.807, 2.05) is 0 Å². The first-order valence-corrected chi connectivity index (χ1v) is 11.6. The van der Waals surface area contributed by atoms with Crippen LogP contribution in [0.1, 0.15) is 41.5 Å². The van der Waals surface area contributed by atoms with Gasteiger partial charge in [0.25, 0.3) is 0 Å². The number of nitrogens with zero attached hydrogens (tertiary/aromatic N) is 2. The molecule has 0 unspecified atom stereocenters. The van der Waals surface area contributed by atoms with Crippen LogP contribution in [0, 0.1) is 19.8 Å². The first-order valence-electron chi connectivity index (χ1n) is 9.32. The van der Waals surface area contributed by atoms with Crippen LogP contribution < -0.4 is 5.32 Å². The largest absolute Gasteiger partial charge is 0.462 e. The number of amides is 1. The number of carbonyl (C=O) groups excluding carboxylic acids is 2. The summed E-state index contributed by atoms with van der Waals surface area (Å²) in [6.07, 6.45) is 2.40. The van der Waals surface area contributed by atoms with Crippen LogP contribution in [-0.4, -0.2) is 54.3 Å². The van der Waals surface area contributed by atoms with Gasteiger partial charge in [-0.25, -0.2) is 18.2 Å². The number of ether oxygens (including phenoxy) is 1. The maximum Gasteiger partial charge on any atom is 0.341 e. The first-order chi connectivity index (χ1) is 13.8. The summed E-state index contributed by atoms with van der Waals surface area (Å²) in [6, 6.07) is 0. The Balaban J connectivity index is 1.75. The van der Waals surface area contributed by atoms with E-state index in [-0.39, 0.29) is 42.0 Å². The first kappa shape index (κ1) is 21.5. The van der Waals surface area contributed by atoms with Crippen LogP contribution in [-0.2, 0) is 19.6 Å². The minimum Gasteiger partial charge on any atom is -0.462 e. The second kappa shape index (κ2) is 8.64. The number of sulfonamides is 1. The van der Waals surface area contributed by atoms with Crippen molar-refractivity contribution in [2.75, 3.05) is 25.0 Å². The van der Waals surface area contributed by atoms with E-state index in [2.05, 4.69) is 15.3 Å². The van der Waals surface area contributed by atoms with Crippen LogP contribution in [0.3, 0.4) is 0 Å². The topological polar surface area (TPSA) is 121 Å². The monoisotopic (exact) mass is 440 g/mol. The molecule has 1 aliphatic heterocycles. The number of piperidine rings is 1. The highest BCUT2D eigenvalue weighted by atomic mass is 32.2. The molecule has 3 rings (SSSR count). The zero-order chi connectivity index (χ0) is 21.2. The zero-order valence-corrected chi connectivity index (χ0v) is 18.2. The predicted molar refractivity (Wildman–Crippen MR) is 108 cm³/mol. The number of hydrogen-bond acceptors (Lipinski definition) is 7. The van der Waals surface area contributed by atoms with Crippen LogP contribution in [0.15, 0.2) is 16.5 Å². The van der Waals surface area contributed by atoms with Crippen molar-refractivity contribution in [2.45, 2.75) is 38.5 Å². The Morgan fingerprint density at radius 3 is 2.59 bits per heavy atom. The van der Waals surface area contributed by atoms with Crippen molar-refractivity contribution in [3.8, 4) is 0 Å². The van der Waals surface area contributed by atoms with Crippen molar-refractivity contribution in [1.82, 2.24) is 14.3 Å². The molecule has 0 aliphatic carbocycles. The van der Waals surface area contributed by atoms with E-state index >= 15 is 0 Å². The van der Waals surface area contributed by atoms with Crippen molar-refractivity contribution in [1.29, 1.82) is 0 Å². The fourth-order valence-corrected chi connectivity index (χ4v) is 5.92. The van der Waals surface area contributed by atoms with Gasteiger partial charge in [0.1, 0.15) is 10.5 Å². The quantitative estimate of drug-likeness (QED) is 0.665. The van der Waals surface area contributed by atoms with Gasteiger partial charge in [0.05, 0.1) is 6.61 Å². The number of carbonyl (C=O) groups is 2. The highest BCUT2D eigenvalue weighted by Gasteiger charge is 2.37. The molecule has 2 N–H and O–H groups in total. The van der Waals surface area contributed by atoms with Gasteiger partial charge in [0, 0.05) is 42.0 Å². The molecule has 0 saturated carbocycles. The number of aromatic amines is 1. The van der Waals surface area contributed by atoms with E-state index in [0.717, 1.165) is 0 Å². The molecule has 1 fully saturated rings. The highest BCUT2D eigenvalue weighted by Crippen LogP contribution is 2.30. The number of nitrogens with one attached hydrogen (secondary N) is 2. The average molecular weight is 441 g/mol. The molecule has 0 bridgehead atoms. The van der Waals surface area contributed by atoms with Gasteiger partial charge in [0.2, 0.25) is 15.9 Å². The Kier molecular flexibility index (Phi) is 6.39. The van der Waals surface area contributed by atoms with Crippen molar-refractivity contribution >= 4 is 38.4 Å². The molecule has 158 valence electrons. The number of aromatic nitrogens is 2. The molecule has 1 saturated heterocycles. The fraction of sp³-hybridized carbons (Fsp3) is 0.500. The van der Waals surface area contributed by atoms with E-state index in [4.69, 9.17) is 4.74 Å². The van der Waals surface area contributed by atoms with Gasteiger partial charge in [-0.1, -0.05) is 0 Å². The molecule has 0 atom stereocenters. The van der Waals surface area contributed by atoms with Gasteiger partial charge in [-0.3, -0.25) is 4.79 Å². The third-order valence-electron chi connectivity index (χ3n) is 4.88.